The first-order valence-electron chi connectivity index (χ1n) is 8.26. The number of ether oxygens (including phenoxy) is 2. The number of amides is 1. The molecule has 0 saturated carbocycles. The lowest BCUT2D eigenvalue weighted by atomic mass is 10.2. The molecular weight excluding hydrogens is 354 g/mol. The van der Waals surface area contributed by atoms with Crippen LogP contribution in [0.25, 0.3) is 0 Å². The molecule has 0 aliphatic heterocycles. The van der Waals surface area contributed by atoms with Gasteiger partial charge in [0, 0.05) is 17.8 Å². The van der Waals surface area contributed by atoms with E-state index in [0.717, 1.165) is 18.5 Å². The Morgan fingerprint density at radius 3 is 2.73 bits per heavy atom. The Labute approximate surface area is 156 Å². The highest BCUT2D eigenvalue weighted by molar-refractivity contribution is 8.00. The molecule has 8 heteroatoms. The van der Waals surface area contributed by atoms with Crippen molar-refractivity contribution in [2.24, 2.45) is 0 Å². The molecule has 0 fully saturated rings. The van der Waals surface area contributed by atoms with Crippen molar-refractivity contribution >= 4 is 23.4 Å². The Morgan fingerprint density at radius 2 is 2.08 bits per heavy atom. The number of nitrogens with zero attached hydrogens (tertiary/aromatic N) is 1. The lowest BCUT2D eigenvalue weighted by Gasteiger charge is -2.15. The van der Waals surface area contributed by atoms with E-state index in [2.05, 4.69) is 15.3 Å². The number of carbonyl (C=O) groups is 1. The van der Waals surface area contributed by atoms with Crippen LogP contribution >= 0.6 is 11.8 Å². The number of hydrogen-bond acceptors (Lipinski definition) is 6. The van der Waals surface area contributed by atoms with E-state index in [1.165, 1.54) is 24.9 Å². The Hall–Kier alpha value is -2.48. The number of H-pyrrole nitrogens is 1. The van der Waals surface area contributed by atoms with Gasteiger partial charge in [-0.15, -0.1) is 0 Å². The molecule has 1 amide bonds. The lowest BCUT2D eigenvalue weighted by molar-refractivity contribution is -0.115. The molecule has 0 saturated heterocycles. The zero-order chi connectivity index (χ0) is 19.1. The third-order valence-electron chi connectivity index (χ3n) is 3.60. The van der Waals surface area contributed by atoms with Crippen LogP contribution in [0.5, 0.6) is 11.5 Å². The van der Waals surface area contributed by atoms with Gasteiger partial charge in [-0.3, -0.25) is 9.59 Å². The number of methoxy groups -OCH3 is 2. The predicted octanol–water partition coefficient (Wildman–Crippen LogP) is 2.86. The number of benzene rings is 1. The van der Waals surface area contributed by atoms with Crippen LogP contribution in [0.1, 0.15) is 26.0 Å². The zero-order valence-electron chi connectivity index (χ0n) is 15.3. The van der Waals surface area contributed by atoms with Crippen molar-refractivity contribution in [3.63, 3.8) is 0 Å². The van der Waals surface area contributed by atoms with Gasteiger partial charge in [0.25, 0.3) is 5.56 Å². The van der Waals surface area contributed by atoms with Crippen LogP contribution in [0.2, 0.25) is 0 Å². The number of hydrogen-bond donors (Lipinski definition) is 2. The quantitative estimate of drug-likeness (QED) is 0.543. The Bertz CT molecular complexity index is 822. The van der Waals surface area contributed by atoms with Gasteiger partial charge < -0.3 is 19.8 Å². The van der Waals surface area contributed by atoms with Crippen LogP contribution < -0.4 is 20.3 Å². The summed E-state index contributed by atoms with van der Waals surface area (Å²) in [6.07, 6.45) is 1.62. The van der Waals surface area contributed by atoms with Gasteiger partial charge in [0.1, 0.15) is 11.5 Å². The highest BCUT2D eigenvalue weighted by Gasteiger charge is 2.18. The molecule has 0 aliphatic rings. The van der Waals surface area contributed by atoms with Crippen LogP contribution in [0.4, 0.5) is 5.69 Å². The SMILES string of the molecule is CCCc1cc(=O)[nH]c(SC(C)C(=O)Nc2cc(OC)ccc2OC)n1. The maximum absolute atomic E-state index is 12.5. The van der Waals surface area contributed by atoms with Crippen LogP contribution in [0, 0.1) is 0 Å². The minimum Gasteiger partial charge on any atom is -0.497 e. The highest BCUT2D eigenvalue weighted by atomic mass is 32.2. The molecule has 140 valence electrons. The standard InChI is InChI=1S/C18H23N3O4S/c1-5-6-12-9-16(22)21-18(19-12)26-11(2)17(23)20-14-10-13(24-3)7-8-15(14)25-4/h7-11H,5-6H2,1-4H3,(H,20,23)(H,19,21,22). The van der Waals surface area contributed by atoms with E-state index in [0.29, 0.717) is 22.3 Å². The number of anilines is 1. The molecule has 0 bridgehead atoms. The number of aryl methyl sites for hydroxylation is 1. The monoisotopic (exact) mass is 377 g/mol. The summed E-state index contributed by atoms with van der Waals surface area (Å²) < 4.78 is 10.4. The molecule has 7 nitrogen and oxygen atoms in total. The number of aromatic amines is 1. The van der Waals surface area contributed by atoms with Crippen LogP contribution in [0.15, 0.2) is 34.2 Å². The average Bonchev–Trinajstić information content (AvgIpc) is 2.61. The van der Waals surface area contributed by atoms with Crippen molar-refractivity contribution in [2.75, 3.05) is 19.5 Å². The molecule has 1 heterocycles. The number of nitrogens with one attached hydrogen (secondary N) is 2. The van der Waals surface area contributed by atoms with Crippen LogP contribution in [-0.2, 0) is 11.2 Å². The first kappa shape index (κ1) is 19.8. The lowest BCUT2D eigenvalue weighted by Crippen LogP contribution is -2.23. The van der Waals surface area contributed by atoms with E-state index >= 15 is 0 Å². The zero-order valence-corrected chi connectivity index (χ0v) is 16.1. The van der Waals surface area contributed by atoms with Crippen molar-refractivity contribution in [3.05, 3.63) is 40.3 Å². The molecular formula is C18H23N3O4S. The van der Waals surface area contributed by atoms with Crippen LogP contribution in [-0.4, -0.2) is 35.3 Å². The molecule has 1 aromatic carbocycles. The summed E-state index contributed by atoms with van der Waals surface area (Å²) in [7, 11) is 3.08. The van der Waals surface area contributed by atoms with Gasteiger partial charge in [-0.1, -0.05) is 25.1 Å². The molecule has 2 aromatic rings. The van der Waals surface area contributed by atoms with Crippen molar-refractivity contribution in [1.29, 1.82) is 0 Å². The van der Waals surface area contributed by atoms with Gasteiger partial charge in [-0.2, -0.15) is 0 Å². The molecule has 1 atom stereocenters. The second kappa shape index (κ2) is 9.28. The maximum atomic E-state index is 12.5. The van der Waals surface area contributed by atoms with Crippen molar-refractivity contribution < 1.29 is 14.3 Å². The Kier molecular flexibility index (Phi) is 7.08. The maximum Gasteiger partial charge on any atom is 0.251 e. The summed E-state index contributed by atoms with van der Waals surface area (Å²) >= 11 is 1.20. The fourth-order valence-electron chi connectivity index (χ4n) is 2.29. The number of thioether (sulfide) groups is 1. The van der Waals surface area contributed by atoms with Crippen LogP contribution in [0.3, 0.4) is 0 Å². The van der Waals surface area contributed by atoms with E-state index in [1.807, 2.05) is 6.92 Å². The highest BCUT2D eigenvalue weighted by Crippen LogP contribution is 2.30. The molecule has 2 rings (SSSR count). The molecule has 1 aromatic heterocycles. The second-order valence-electron chi connectivity index (χ2n) is 5.61. The second-order valence-corrected chi connectivity index (χ2v) is 6.94. The first-order chi connectivity index (χ1) is 12.5. The first-order valence-corrected chi connectivity index (χ1v) is 9.14. The third kappa shape index (κ3) is 5.26. The summed E-state index contributed by atoms with van der Waals surface area (Å²) in [5.41, 5.74) is 1.03. The normalized spacial score (nSPS) is 11.7. The summed E-state index contributed by atoms with van der Waals surface area (Å²) in [6.45, 7) is 3.77. The van der Waals surface area contributed by atoms with Gasteiger partial charge in [0.05, 0.1) is 25.2 Å². The summed E-state index contributed by atoms with van der Waals surface area (Å²) in [5.74, 6) is 0.914. The van der Waals surface area contributed by atoms with E-state index in [4.69, 9.17) is 9.47 Å². The minimum absolute atomic E-state index is 0.215. The van der Waals surface area contributed by atoms with E-state index < -0.39 is 5.25 Å². The topological polar surface area (TPSA) is 93.3 Å². The molecule has 0 aliphatic carbocycles. The van der Waals surface area contributed by atoms with E-state index in [-0.39, 0.29) is 11.5 Å². The summed E-state index contributed by atoms with van der Waals surface area (Å²) in [4.78, 5) is 31.3. The number of aromatic nitrogens is 2. The van der Waals surface area contributed by atoms with Gasteiger partial charge in [-0.05, 0) is 25.5 Å². The van der Waals surface area contributed by atoms with E-state index in [9.17, 15) is 9.59 Å². The van der Waals surface area contributed by atoms with Crippen molar-refractivity contribution in [3.8, 4) is 11.5 Å². The van der Waals surface area contributed by atoms with Gasteiger partial charge in [0.2, 0.25) is 5.91 Å². The number of carbonyl (C=O) groups excluding carboxylic acids is 1. The fourth-order valence-corrected chi connectivity index (χ4v) is 3.12. The molecule has 1 unspecified atom stereocenters. The van der Waals surface area contributed by atoms with Gasteiger partial charge in [0.15, 0.2) is 5.16 Å². The molecule has 2 N–H and O–H groups in total. The third-order valence-corrected chi connectivity index (χ3v) is 4.59. The smallest absolute Gasteiger partial charge is 0.251 e. The Morgan fingerprint density at radius 1 is 1.31 bits per heavy atom. The fraction of sp³-hybridized carbons (Fsp3) is 0.389. The van der Waals surface area contributed by atoms with Crippen molar-refractivity contribution in [1.82, 2.24) is 9.97 Å². The van der Waals surface area contributed by atoms with Crippen molar-refractivity contribution in [2.45, 2.75) is 37.1 Å². The average molecular weight is 377 g/mol. The minimum atomic E-state index is -0.467. The van der Waals surface area contributed by atoms with Gasteiger partial charge >= 0.3 is 0 Å². The molecule has 0 radical (unpaired) electrons. The molecule has 0 spiro atoms. The van der Waals surface area contributed by atoms with E-state index in [1.54, 1.807) is 32.2 Å². The largest absolute Gasteiger partial charge is 0.497 e. The predicted molar refractivity (Wildman–Crippen MR) is 102 cm³/mol. The summed E-state index contributed by atoms with van der Waals surface area (Å²) in [5, 5.41) is 2.79. The Balaban J connectivity index is 2.12. The number of rotatable bonds is 8. The molecule has 26 heavy (non-hydrogen) atoms. The van der Waals surface area contributed by atoms with Gasteiger partial charge in [-0.25, -0.2) is 4.98 Å². The summed E-state index contributed by atoms with van der Waals surface area (Å²) in [6, 6.07) is 6.65.